The molecule has 0 aliphatic carbocycles. The first-order chi connectivity index (χ1) is 13.6. The number of ether oxygens (including phenoxy) is 1. The summed E-state index contributed by atoms with van der Waals surface area (Å²) in [4.78, 5) is 32.3. The summed E-state index contributed by atoms with van der Waals surface area (Å²) < 4.78 is 5.02. The molecule has 0 spiro atoms. The molecule has 1 fully saturated rings. The van der Waals surface area contributed by atoms with E-state index in [0.717, 1.165) is 0 Å². The number of nitrogens with zero attached hydrogens (tertiary/aromatic N) is 3. The standard InChI is InChI=1S/C21H26N4O3/c1-3-28-21(27)25-12-10-24(11-13-25)20(26)17-8-9-22-19(14-17)23-15-18-7-5-4-6-16(18)2/h4-9,14H,3,10-13,15H2,1-2H3,(H,22,23). The fourth-order valence-corrected chi connectivity index (χ4v) is 3.14. The predicted octanol–water partition coefficient (Wildman–Crippen LogP) is 2.92. The number of carbonyl (C=O) groups excluding carboxylic acids is 2. The molecular weight excluding hydrogens is 356 g/mol. The molecule has 1 aromatic carbocycles. The van der Waals surface area contributed by atoms with Crippen LogP contribution in [0.25, 0.3) is 0 Å². The van der Waals surface area contributed by atoms with E-state index in [1.54, 1.807) is 35.1 Å². The summed E-state index contributed by atoms with van der Waals surface area (Å²) in [5.74, 6) is 0.615. The lowest BCUT2D eigenvalue weighted by atomic mass is 10.1. The Hall–Kier alpha value is -3.09. The third kappa shape index (κ3) is 4.79. The second kappa shape index (κ2) is 9.21. The number of nitrogens with one attached hydrogen (secondary N) is 1. The van der Waals surface area contributed by atoms with Crippen molar-refractivity contribution in [1.82, 2.24) is 14.8 Å². The van der Waals surface area contributed by atoms with E-state index in [0.29, 0.717) is 50.7 Å². The van der Waals surface area contributed by atoms with Crippen LogP contribution in [0.4, 0.5) is 10.6 Å². The normalized spacial score (nSPS) is 13.9. The first-order valence-electron chi connectivity index (χ1n) is 9.54. The van der Waals surface area contributed by atoms with Gasteiger partial charge in [0, 0.05) is 44.5 Å². The van der Waals surface area contributed by atoms with E-state index in [2.05, 4.69) is 29.4 Å². The fraction of sp³-hybridized carbons (Fsp3) is 0.381. The molecule has 1 saturated heterocycles. The van der Waals surface area contributed by atoms with Gasteiger partial charge in [-0.05, 0) is 37.1 Å². The van der Waals surface area contributed by atoms with E-state index in [1.807, 2.05) is 12.1 Å². The van der Waals surface area contributed by atoms with Gasteiger partial charge in [0.25, 0.3) is 5.91 Å². The number of amides is 2. The van der Waals surface area contributed by atoms with Crippen LogP contribution in [0.2, 0.25) is 0 Å². The van der Waals surface area contributed by atoms with Gasteiger partial charge in [0.1, 0.15) is 5.82 Å². The fourth-order valence-electron chi connectivity index (χ4n) is 3.14. The van der Waals surface area contributed by atoms with Crippen LogP contribution in [0.5, 0.6) is 0 Å². The Labute approximate surface area is 165 Å². The average Bonchev–Trinajstić information content (AvgIpc) is 2.73. The maximum Gasteiger partial charge on any atom is 0.409 e. The molecule has 2 aromatic rings. The molecule has 1 N–H and O–H groups in total. The molecule has 2 amide bonds. The van der Waals surface area contributed by atoms with Gasteiger partial charge in [0.05, 0.1) is 6.61 Å². The Kier molecular flexibility index (Phi) is 6.47. The van der Waals surface area contributed by atoms with Gasteiger partial charge in [-0.1, -0.05) is 24.3 Å². The van der Waals surface area contributed by atoms with Crippen LogP contribution in [-0.2, 0) is 11.3 Å². The van der Waals surface area contributed by atoms with Gasteiger partial charge in [0.15, 0.2) is 0 Å². The second-order valence-corrected chi connectivity index (χ2v) is 6.69. The highest BCUT2D eigenvalue weighted by atomic mass is 16.6. The maximum absolute atomic E-state index is 12.8. The van der Waals surface area contributed by atoms with Gasteiger partial charge in [-0.25, -0.2) is 9.78 Å². The van der Waals surface area contributed by atoms with Crippen molar-refractivity contribution in [3.05, 3.63) is 59.3 Å². The molecule has 2 heterocycles. The van der Waals surface area contributed by atoms with E-state index in [1.165, 1.54) is 11.1 Å². The lowest BCUT2D eigenvalue weighted by Crippen LogP contribution is -2.50. The van der Waals surface area contributed by atoms with E-state index >= 15 is 0 Å². The van der Waals surface area contributed by atoms with Crippen LogP contribution in [-0.4, -0.2) is 59.6 Å². The molecule has 0 saturated carbocycles. The number of hydrogen-bond acceptors (Lipinski definition) is 5. The smallest absolute Gasteiger partial charge is 0.409 e. The number of rotatable bonds is 5. The topological polar surface area (TPSA) is 74.8 Å². The number of pyridine rings is 1. The zero-order valence-corrected chi connectivity index (χ0v) is 16.4. The number of carbonyl (C=O) groups is 2. The quantitative estimate of drug-likeness (QED) is 0.861. The van der Waals surface area contributed by atoms with Crippen molar-refractivity contribution in [3.63, 3.8) is 0 Å². The minimum atomic E-state index is -0.318. The zero-order valence-electron chi connectivity index (χ0n) is 16.4. The third-order valence-corrected chi connectivity index (χ3v) is 4.82. The Bertz CT molecular complexity index is 832. The van der Waals surface area contributed by atoms with E-state index in [9.17, 15) is 9.59 Å². The van der Waals surface area contributed by atoms with Crippen molar-refractivity contribution in [1.29, 1.82) is 0 Å². The van der Waals surface area contributed by atoms with Crippen molar-refractivity contribution < 1.29 is 14.3 Å². The molecule has 0 atom stereocenters. The molecule has 3 rings (SSSR count). The minimum absolute atomic E-state index is 0.0511. The molecule has 1 aliphatic rings. The molecule has 148 valence electrons. The molecule has 28 heavy (non-hydrogen) atoms. The van der Waals surface area contributed by atoms with Crippen LogP contribution in [0.3, 0.4) is 0 Å². The first-order valence-corrected chi connectivity index (χ1v) is 9.54. The number of piperazine rings is 1. The summed E-state index contributed by atoms with van der Waals surface area (Å²) in [5.41, 5.74) is 2.99. The highest BCUT2D eigenvalue weighted by molar-refractivity contribution is 5.95. The maximum atomic E-state index is 12.8. The van der Waals surface area contributed by atoms with Gasteiger partial charge < -0.3 is 19.9 Å². The molecule has 1 aliphatic heterocycles. The Morgan fingerprint density at radius 1 is 1.11 bits per heavy atom. The van der Waals surface area contributed by atoms with Gasteiger partial charge in [0.2, 0.25) is 0 Å². The van der Waals surface area contributed by atoms with Gasteiger partial charge in [-0.3, -0.25) is 4.79 Å². The van der Waals surface area contributed by atoms with Gasteiger partial charge in [-0.15, -0.1) is 0 Å². The Balaban J connectivity index is 1.58. The summed E-state index contributed by atoms with van der Waals surface area (Å²) in [6.45, 7) is 6.80. The minimum Gasteiger partial charge on any atom is -0.450 e. The van der Waals surface area contributed by atoms with E-state index in [4.69, 9.17) is 4.74 Å². The zero-order chi connectivity index (χ0) is 19.9. The summed E-state index contributed by atoms with van der Waals surface area (Å²) in [6.07, 6.45) is 1.32. The van der Waals surface area contributed by atoms with Crippen LogP contribution in [0.15, 0.2) is 42.6 Å². The number of hydrogen-bond donors (Lipinski definition) is 1. The van der Waals surface area contributed by atoms with Crippen molar-refractivity contribution in [2.24, 2.45) is 0 Å². The predicted molar refractivity (Wildman–Crippen MR) is 107 cm³/mol. The third-order valence-electron chi connectivity index (χ3n) is 4.82. The number of aromatic nitrogens is 1. The first kappa shape index (κ1) is 19.7. The molecule has 7 heteroatoms. The van der Waals surface area contributed by atoms with Crippen molar-refractivity contribution in [3.8, 4) is 0 Å². The van der Waals surface area contributed by atoms with Crippen LogP contribution in [0.1, 0.15) is 28.4 Å². The lowest BCUT2D eigenvalue weighted by molar-refractivity contribution is 0.0570. The van der Waals surface area contributed by atoms with Crippen molar-refractivity contribution >= 4 is 17.8 Å². The SMILES string of the molecule is CCOC(=O)N1CCN(C(=O)c2ccnc(NCc3ccccc3C)c2)CC1. The average molecular weight is 382 g/mol. The molecule has 7 nitrogen and oxygen atoms in total. The monoisotopic (exact) mass is 382 g/mol. The summed E-state index contributed by atoms with van der Waals surface area (Å²) >= 11 is 0. The van der Waals surface area contributed by atoms with Crippen LogP contribution >= 0.6 is 0 Å². The van der Waals surface area contributed by atoms with Crippen molar-refractivity contribution in [2.45, 2.75) is 20.4 Å². The molecule has 0 radical (unpaired) electrons. The second-order valence-electron chi connectivity index (χ2n) is 6.69. The van der Waals surface area contributed by atoms with Crippen molar-refractivity contribution in [2.75, 3.05) is 38.1 Å². The van der Waals surface area contributed by atoms with E-state index in [-0.39, 0.29) is 12.0 Å². The van der Waals surface area contributed by atoms with Gasteiger partial charge in [-0.2, -0.15) is 0 Å². The van der Waals surface area contributed by atoms with Gasteiger partial charge >= 0.3 is 6.09 Å². The summed E-state index contributed by atoms with van der Waals surface area (Å²) in [7, 11) is 0. The summed E-state index contributed by atoms with van der Waals surface area (Å²) in [6, 6.07) is 11.7. The number of aryl methyl sites for hydroxylation is 1. The molecule has 0 bridgehead atoms. The van der Waals surface area contributed by atoms with Crippen LogP contribution < -0.4 is 5.32 Å². The summed E-state index contributed by atoms with van der Waals surface area (Å²) in [5, 5.41) is 3.28. The van der Waals surface area contributed by atoms with E-state index < -0.39 is 0 Å². The number of anilines is 1. The lowest BCUT2D eigenvalue weighted by Gasteiger charge is -2.34. The molecular formula is C21H26N4O3. The molecule has 1 aromatic heterocycles. The Morgan fingerprint density at radius 3 is 2.54 bits per heavy atom. The van der Waals surface area contributed by atoms with Crippen LogP contribution in [0, 0.1) is 6.92 Å². The highest BCUT2D eigenvalue weighted by Gasteiger charge is 2.25. The Morgan fingerprint density at radius 2 is 1.82 bits per heavy atom. The molecule has 0 unspecified atom stereocenters. The number of benzene rings is 1. The highest BCUT2D eigenvalue weighted by Crippen LogP contribution is 2.14. The largest absolute Gasteiger partial charge is 0.450 e.